The summed E-state index contributed by atoms with van der Waals surface area (Å²) in [7, 11) is 1.55. The largest absolute Gasteiger partial charge is 0.495 e. The number of hydrogen-bond acceptors (Lipinski definition) is 4. The van der Waals surface area contributed by atoms with Crippen LogP contribution in [0.2, 0.25) is 0 Å². The molecule has 1 atom stereocenters. The van der Waals surface area contributed by atoms with E-state index in [1.54, 1.807) is 7.11 Å². The lowest BCUT2D eigenvalue weighted by atomic mass is 9.89. The molecule has 4 nitrogen and oxygen atoms in total. The van der Waals surface area contributed by atoms with Crippen LogP contribution in [0.25, 0.3) is 10.4 Å². The van der Waals surface area contributed by atoms with Gasteiger partial charge in [0.05, 0.1) is 13.2 Å². The van der Waals surface area contributed by atoms with Gasteiger partial charge in [-0.1, -0.05) is 51.1 Å². The van der Waals surface area contributed by atoms with Crippen molar-refractivity contribution in [3.8, 4) is 16.2 Å². The number of carbonyl (C=O) groups excluding carboxylic acids is 1. The van der Waals surface area contributed by atoms with Crippen molar-refractivity contribution in [1.29, 1.82) is 0 Å². The number of nitrogens with one attached hydrogen (secondary N) is 1. The lowest BCUT2D eigenvalue weighted by molar-refractivity contribution is 0.0587. The summed E-state index contributed by atoms with van der Waals surface area (Å²) in [5.74, 6) is 0.328. The fourth-order valence-electron chi connectivity index (χ4n) is 2.00. The van der Waals surface area contributed by atoms with Crippen molar-refractivity contribution in [2.24, 2.45) is 5.41 Å². The van der Waals surface area contributed by atoms with Crippen LogP contribution in [0.5, 0.6) is 5.75 Å². The van der Waals surface area contributed by atoms with Crippen molar-refractivity contribution in [2.45, 2.75) is 26.9 Å². The highest BCUT2D eigenvalue weighted by atomic mass is 32.1. The van der Waals surface area contributed by atoms with Crippen LogP contribution in [-0.4, -0.2) is 30.8 Å². The SMILES string of the molecule is COc1cc(-c2ccccc2)sc1C(=O)NC[C@H](O)C(C)(C)C. The second kappa shape index (κ2) is 7.15. The van der Waals surface area contributed by atoms with Gasteiger partial charge in [0.2, 0.25) is 0 Å². The van der Waals surface area contributed by atoms with Gasteiger partial charge in [0.25, 0.3) is 5.91 Å². The molecule has 0 spiro atoms. The van der Waals surface area contributed by atoms with E-state index in [4.69, 9.17) is 4.74 Å². The molecule has 0 bridgehead atoms. The Morgan fingerprint density at radius 3 is 2.52 bits per heavy atom. The van der Waals surface area contributed by atoms with Gasteiger partial charge in [0.15, 0.2) is 0 Å². The molecule has 1 aromatic carbocycles. The summed E-state index contributed by atoms with van der Waals surface area (Å²) in [5, 5.41) is 12.8. The van der Waals surface area contributed by atoms with Crippen molar-refractivity contribution in [3.05, 3.63) is 41.3 Å². The number of ether oxygens (including phenoxy) is 1. The van der Waals surface area contributed by atoms with Crippen molar-refractivity contribution in [2.75, 3.05) is 13.7 Å². The Balaban J connectivity index is 2.16. The molecule has 1 heterocycles. The highest BCUT2D eigenvalue weighted by Crippen LogP contribution is 2.36. The molecule has 23 heavy (non-hydrogen) atoms. The van der Waals surface area contributed by atoms with E-state index in [-0.39, 0.29) is 17.9 Å². The molecule has 1 amide bonds. The highest BCUT2D eigenvalue weighted by molar-refractivity contribution is 7.17. The Morgan fingerprint density at radius 1 is 1.30 bits per heavy atom. The maximum Gasteiger partial charge on any atom is 0.265 e. The molecule has 2 rings (SSSR count). The van der Waals surface area contributed by atoms with E-state index < -0.39 is 6.10 Å². The molecule has 0 fully saturated rings. The first kappa shape index (κ1) is 17.5. The molecule has 0 saturated carbocycles. The Bertz CT molecular complexity index is 659. The van der Waals surface area contributed by atoms with E-state index in [0.29, 0.717) is 10.6 Å². The van der Waals surface area contributed by atoms with Gasteiger partial charge in [0.1, 0.15) is 10.6 Å². The van der Waals surface area contributed by atoms with Crippen molar-refractivity contribution < 1.29 is 14.6 Å². The number of benzene rings is 1. The fraction of sp³-hybridized carbons (Fsp3) is 0.389. The summed E-state index contributed by atoms with van der Waals surface area (Å²) in [6, 6.07) is 11.7. The average molecular weight is 333 g/mol. The number of thiophene rings is 1. The number of hydrogen-bond donors (Lipinski definition) is 2. The minimum Gasteiger partial charge on any atom is -0.495 e. The molecule has 0 radical (unpaired) electrons. The summed E-state index contributed by atoms with van der Waals surface area (Å²) >= 11 is 1.39. The van der Waals surface area contributed by atoms with Crippen LogP contribution in [0.3, 0.4) is 0 Å². The molecule has 2 N–H and O–H groups in total. The third-order valence-electron chi connectivity index (χ3n) is 3.64. The van der Waals surface area contributed by atoms with E-state index >= 15 is 0 Å². The Labute approximate surface area is 141 Å². The van der Waals surface area contributed by atoms with Crippen LogP contribution in [0.4, 0.5) is 0 Å². The molecule has 0 saturated heterocycles. The number of aliphatic hydroxyl groups excluding tert-OH is 1. The Hall–Kier alpha value is -1.85. The van der Waals surface area contributed by atoms with Crippen LogP contribution in [0.15, 0.2) is 36.4 Å². The molecular weight excluding hydrogens is 310 g/mol. The quantitative estimate of drug-likeness (QED) is 0.879. The molecule has 0 aliphatic rings. The molecular formula is C18H23NO3S. The van der Waals surface area contributed by atoms with Gasteiger partial charge in [-0.2, -0.15) is 0 Å². The van der Waals surface area contributed by atoms with Crippen LogP contribution < -0.4 is 10.1 Å². The zero-order valence-corrected chi connectivity index (χ0v) is 14.7. The fourth-order valence-corrected chi connectivity index (χ4v) is 3.05. The number of methoxy groups -OCH3 is 1. The molecule has 0 aliphatic heterocycles. The standard InChI is InChI=1S/C18H23NO3S/c1-18(2,3)15(20)11-19-17(21)16-13(22-4)10-14(23-16)12-8-6-5-7-9-12/h5-10,15,20H,11H2,1-4H3,(H,19,21)/t15-/m0/s1. The number of carbonyl (C=O) groups is 1. The number of aliphatic hydroxyl groups is 1. The first-order chi connectivity index (χ1) is 10.8. The second-order valence-corrected chi connectivity index (χ2v) is 7.52. The first-order valence-corrected chi connectivity index (χ1v) is 8.34. The van der Waals surface area contributed by atoms with Crippen molar-refractivity contribution in [1.82, 2.24) is 5.32 Å². The topological polar surface area (TPSA) is 58.6 Å². The van der Waals surface area contributed by atoms with E-state index in [1.165, 1.54) is 11.3 Å². The highest BCUT2D eigenvalue weighted by Gasteiger charge is 2.24. The molecule has 0 unspecified atom stereocenters. The van der Waals surface area contributed by atoms with Gasteiger partial charge in [-0.15, -0.1) is 11.3 Å². The minimum absolute atomic E-state index is 0.212. The average Bonchev–Trinajstić information content (AvgIpc) is 2.96. The molecule has 5 heteroatoms. The predicted octanol–water partition coefficient (Wildman–Crippen LogP) is 3.56. The summed E-state index contributed by atoms with van der Waals surface area (Å²) < 4.78 is 5.33. The zero-order valence-electron chi connectivity index (χ0n) is 13.9. The second-order valence-electron chi connectivity index (χ2n) is 6.47. The maximum atomic E-state index is 12.4. The molecule has 124 valence electrons. The van der Waals surface area contributed by atoms with Gasteiger partial charge in [-0.05, 0) is 17.0 Å². The summed E-state index contributed by atoms with van der Waals surface area (Å²) in [5.41, 5.74) is 0.770. The number of rotatable bonds is 5. The molecule has 2 aromatic rings. The van der Waals surface area contributed by atoms with Crippen LogP contribution in [0, 0.1) is 5.41 Å². The van der Waals surface area contributed by atoms with Crippen molar-refractivity contribution in [3.63, 3.8) is 0 Å². The van der Waals surface area contributed by atoms with Gasteiger partial charge in [0, 0.05) is 11.4 Å². The summed E-state index contributed by atoms with van der Waals surface area (Å²) in [4.78, 5) is 13.9. The molecule has 0 aliphatic carbocycles. The van der Waals surface area contributed by atoms with E-state index in [0.717, 1.165) is 10.4 Å². The van der Waals surface area contributed by atoms with Crippen molar-refractivity contribution >= 4 is 17.2 Å². The normalized spacial score (nSPS) is 12.7. The maximum absolute atomic E-state index is 12.4. The Kier molecular flexibility index (Phi) is 5.44. The lowest BCUT2D eigenvalue weighted by Crippen LogP contribution is -2.39. The summed E-state index contributed by atoms with van der Waals surface area (Å²) in [6.07, 6.45) is -0.606. The van der Waals surface area contributed by atoms with Crippen LogP contribution in [-0.2, 0) is 0 Å². The van der Waals surface area contributed by atoms with E-state index in [1.807, 2.05) is 57.2 Å². The van der Waals surface area contributed by atoms with Crippen LogP contribution >= 0.6 is 11.3 Å². The predicted molar refractivity (Wildman–Crippen MR) is 94.1 cm³/mol. The van der Waals surface area contributed by atoms with E-state index in [9.17, 15) is 9.90 Å². The third kappa shape index (κ3) is 4.33. The van der Waals surface area contributed by atoms with Crippen LogP contribution in [0.1, 0.15) is 30.4 Å². The minimum atomic E-state index is -0.606. The smallest absolute Gasteiger partial charge is 0.265 e. The third-order valence-corrected chi connectivity index (χ3v) is 4.80. The van der Waals surface area contributed by atoms with Gasteiger partial charge >= 0.3 is 0 Å². The van der Waals surface area contributed by atoms with Gasteiger partial charge in [-0.25, -0.2) is 0 Å². The monoisotopic (exact) mass is 333 g/mol. The lowest BCUT2D eigenvalue weighted by Gasteiger charge is -2.25. The molecule has 1 aromatic heterocycles. The number of amides is 1. The van der Waals surface area contributed by atoms with Gasteiger partial charge < -0.3 is 15.2 Å². The van der Waals surface area contributed by atoms with Gasteiger partial charge in [-0.3, -0.25) is 4.79 Å². The zero-order chi connectivity index (χ0) is 17.0. The first-order valence-electron chi connectivity index (χ1n) is 7.52. The van der Waals surface area contributed by atoms with E-state index in [2.05, 4.69) is 5.32 Å². The Morgan fingerprint density at radius 2 is 1.96 bits per heavy atom. The summed E-state index contributed by atoms with van der Waals surface area (Å²) in [6.45, 7) is 6.01.